The van der Waals surface area contributed by atoms with E-state index in [4.69, 9.17) is 0 Å². The molecule has 100 valence electrons. The predicted molar refractivity (Wildman–Crippen MR) is 82.4 cm³/mol. The van der Waals surface area contributed by atoms with Gasteiger partial charge in [0.1, 0.15) is 0 Å². The summed E-state index contributed by atoms with van der Waals surface area (Å²) < 4.78 is 0. The van der Waals surface area contributed by atoms with Crippen LogP contribution in [0.25, 0.3) is 6.08 Å². The van der Waals surface area contributed by atoms with E-state index in [1.807, 2.05) is 60.4 Å². The van der Waals surface area contributed by atoms with Crippen LogP contribution in [0.1, 0.15) is 12.5 Å². The fourth-order valence-electron chi connectivity index (χ4n) is 2.57. The summed E-state index contributed by atoms with van der Waals surface area (Å²) in [5, 5.41) is 0. The Balaban J connectivity index is 1.82. The molecule has 0 aromatic heterocycles. The van der Waals surface area contributed by atoms with E-state index in [2.05, 4.69) is 24.3 Å². The molecule has 1 fully saturated rings. The molecule has 0 N–H and O–H groups in total. The molecular formula is C18H17NO. The van der Waals surface area contributed by atoms with Crippen LogP contribution in [0.5, 0.6) is 0 Å². The topological polar surface area (TPSA) is 20.3 Å². The first-order valence-electron chi connectivity index (χ1n) is 6.89. The lowest BCUT2D eigenvalue weighted by Crippen LogP contribution is -2.59. The third-order valence-electron chi connectivity index (χ3n) is 3.76. The van der Waals surface area contributed by atoms with Crippen LogP contribution in [-0.4, -0.2) is 11.9 Å². The van der Waals surface area contributed by atoms with Crippen molar-refractivity contribution in [1.82, 2.24) is 0 Å². The third kappa shape index (κ3) is 2.25. The van der Waals surface area contributed by atoms with Gasteiger partial charge in [0, 0.05) is 5.69 Å². The molecule has 0 radical (unpaired) electrons. The lowest BCUT2D eigenvalue weighted by atomic mass is 9.87. The zero-order chi connectivity index (χ0) is 13.9. The van der Waals surface area contributed by atoms with Crippen LogP contribution in [-0.2, 0) is 4.79 Å². The van der Waals surface area contributed by atoms with Crippen LogP contribution in [0.2, 0.25) is 0 Å². The average molecular weight is 263 g/mol. The third-order valence-corrected chi connectivity index (χ3v) is 3.76. The standard InChI is InChI=1S/C18H17NO/c1-14-17(13-12-15-8-4-2-5-9-15)19(18(14)20)16-10-6-3-7-11-16/h2-14,17H,1H3/t14-,17+/m0/s1. The molecule has 0 aliphatic carbocycles. The number of benzene rings is 2. The maximum atomic E-state index is 12.1. The molecule has 0 bridgehead atoms. The van der Waals surface area contributed by atoms with Crippen molar-refractivity contribution in [3.05, 3.63) is 72.3 Å². The summed E-state index contributed by atoms with van der Waals surface area (Å²) in [6, 6.07) is 20.2. The lowest BCUT2D eigenvalue weighted by Gasteiger charge is -2.44. The summed E-state index contributed by atoms with van der Waals surface area (Å²) in [6.45, 7) is 1.99. The zero-order valence-electron chi connectivity index (χ0n) is 11.4. The van der Waals surface area contributed by atoms with Gasteiger partial charge in [0.25, 0.3) is 0 Å². The Bertz CT molecular complexity index is 618. The minimum Gasteiger partial charge on any atom is -0.304 e. The minimum atomic E-state index is 0.0511. The van der Waals surface area contributed by atoms with Crippen molar-refractivity contribution in [3.8, 4) is 0 Å². The maximum Gasteiger partial charge on any atom is 0.232 e. The molecule has 1 aliphatic rings. The van der Waals surface area contributed by atoms with Crippen molar-refractivity contribution in [3.63, 3.8) is 0 Å². The second kappa shape index (κ2) is 5.33. The molecule has 2 nitrogen and oxygen atoms in total. The highest BCUT2D eigenvalue weighted by molar-refractivity contribution is 6.03. The van der Waals surface area contributed by atoms with Crippen LogP contribution in [0.4, 0.5) is 5.69 Å². The Kier molecular flexibility index (Phi) is 3.38. The summed E-state index contributed by atoms with van der Waals surface area (Å²) in [6.07, 6.45) is 4.21. The Morgan fingerprint density at radius 1 is 0.950 bits per heavy atom. The molecular weight excluding hydrogens is 246 g/mol. The first-order valence-corrected chi connectivity index (χ1v) is 6.89. The number of carbonyl (C=O) groups is 1. The van der Waals surface area contributed by atoms with Crippen molar-refractivity contribution in [2.75, 3.05) is 4.90 Å². The number of para-hydroxylation sites is 1. The minimum absolute atomic E-state index is 0.0511. The molecule has 1 aliphatic heterocycles. The van der Waals surface area contributed by atoms with Gasteiger partial charge < -0.3 is 4.90 Å². The molecule has 2 atom stereocenters. The maximum absolute atomic E-state index is 12.1. The Morgan fingerprint density at radius 2 is 1.55 bits per heavy atom. The summed E-state index contributed by atoms with van der Waals surface area (Å²) in [7, 11) is 0. The fraction of sp³-hybridized carbons (Fsp3) is 0.167. The van der Waals surface area contributed by atoms with Crippen LogP contribution in [0.15, 0.2) is 66.7 Å². The lowest BCUT2D eigenvalue weighted by molar-refractivity contribution is -0.128. The number of nitrogens with zero attached hydrogens (tertiary/aromatic N) is 1. The highest BCUT2D eigenvalue weighted by atomic mass is 16.2. The van der Waals surface area contributed by atoms with E-state index in [9.17, 15) is 4.79 Å². The van der Waals surface area contributed by atoms with Crippen molar-refractivity contribution < 1.29 is 4.79 Å². The van der Waals surface area contributed by atoms with E-state index in [-0.39, 0.29) is 17.9 Å². The number of amides is 1. The molecule has 1 heterocycles. The van der Waals surface area contributed by atoms with E-state index in [1.165, 1.54) is 0 Å². The average Bonchev–Trinajstić information content (AvgIpc) is 2.52. The fourth-order valence-corrected chi connectivity index (χ4v) is 2.57. The molecule has 2 heteroatoms. The SMILES string of the molecule is C[C@@H]1C(=O)N(c2ccccc2)[C@@H]1C=Cc1ccccc1. The number of β-lactam (4-membered cyclic amide) rings is 1. The smallest absolute Gasteiger partial charge is 0.232 e. The quantitative estimate of drug-likeness (QED) is 0.772. The summed E-state index contributed by atoms with van der Waals surface area (Å²) in [5.41, 5.74) is 2.13. The number of hydrogen-bond donors (Lipinski definition) is 0. The second-order valence-electron chi connectivity index (χ2n) is 5.09. The van der Waals surface area contributed by atoms with Crippen LogP contribution in [0.3, 0.4) is 0 Å². The van der Waals surface area contributed by atoms with Gasteiger partial charge in [-0.3, -0.25) is 4.79 Å². The number of rotatable bonds is 3. The van der Waals surface area contributed by atoms with Gasteiger partial charge in [0.15, 0.2) is 0 Å². The molecule has 0 saturated carbocycles. The Morgan fingerprint density at radius 3 is 2.20 bits per heavy atom. The highest BCUT2D eigenvalue weighted by Gasteiger charge is 2.43. The molecule has 2 aromatic carbocycles. The molecule has 3 rings (SSSR count). The van der Waals surface area contributed by atoms with Crippen molar-refractivity contribution >= 4 is 17.7 Å². The van der Waals surface area contributed by atoms with Gasteiger partial charge in [-0.1, -0.05) is 67.6 Å². The molecule has 0 unspecified atom stereocenters. The normalized spacial score (nSPS) is 22.1. The summed E-state index contributed by atoms with van der Waals surface area (Å²) in [4.78, 5) is 13.9. The van der Waals surface area contributed by atoms with Gasteiger partial charge in [-0.25, -0.2) is 0 Å². The first-order chi connectivity index (χ1) is 9.77. The first kappa shape index (κ1) is 12.7. The number of hydrogen-bond acceptors (Lipinski definition) is 1. The van der Waals surface area contributed by atoms with Crippen LogP contribution >= 0.6 is 0 Å². The molecule has 1 saturated heterocycles. The molecule has 0 spiro atoms. The molecule has 20 heavy (non-hydrogen) atoms. The number of carbonyl (C=O) groups excluding carboxylic acids is 1. The summed E-state index contributed by atoms with van der Waals surface area (Å²) in [5.74, 6) is 0.245. The largest absolute Gasteiger partial charge is 0.304 e. The van der Waals surface area contributed by atoms with Gasteiger partial charge >= 0.3 is 0 Å². The Hall–Kier alpha value is -2.35. The number of anilines is 1. The monoisotopic (exact) mass is 263 g/mol. The summed E-state index contributed by atoms with van der Waals surface area (Å²) >= 11 is 0. The van der Waals surface area contributed by atoms with Crippen LogP contribution in [0, 0.1) is 5.92 Å². The molecule has 1 amide bonds. The van der Waals surface area contributed by atoms with Gasteiger partial charge in [0.05, 0.1) is 12.0 Å². The van der Waals surface area contributed by atoms with Gasteiger partial charge in [0.2, 0.25) is 5.91 Å². The van der Waals surface area contributed by atoms with E-state index in [0.717, 1.165) is 11.3 Å². The highest BCUT2D eigenvalue weighted by Crippen LogP contribution is 2.33. The van der Waals surface area contributed by atoms with Gasteiger partial charge in [-0.2, -0.15) is 0 Å². The van der Waals surface area contributed by atoms with Crippen LogP contribution < -0.4 is 4.90 Å². The van der Waals surface area contributed by atoms with E-state index >= 15 is 0 Å². The van der Waals surface area contributed by atoms with Crippen molar-refractivity contribution in [2.45, 2.75) is 13.0 Å². The van der Waals surface area contributed by atoms with Crippen molar-refractivity contribution in [1.29, 1.82) is 0 Å². The van der Waals surface area contributed by atoms with E-state index in [0.29, 0.717) is 0 Å². The molecule has 2 aromatic rings. The van der Waals surface area contributed by atoms with Crippen molar-refractivity contribution in [2.24, 2.45) is 5.92 Å². The Labute approximate surface area is 119 Å². The van der Waals surface area contributed by atoms with E-state index in [1.54, 1.807) is 0 Å². The zero-order valence-corrected chi connectivity index (χ0v) is 11.4. The van der Waals surface area contributed by atoms with Gasteiger partial charge in [-0.15, -0.1) is 0 Å². The van der Waals surface area contributed by atoms with Gasteiger partial charge in [-0.05, 0) is 17.7 Å². The predicted octanol–water partition coefficient (Wildman–Crippen LogP) is 3.75. The second-order valence-corrected chi connectivity index (χ2v) is 5.09. The van der Waals surface area contributed by atoms with E-state index < -0.39 is 0 Å².